The highest BCUT2D eigenvalue weighted by atomic mass is 16.8. The van der Waals surface area contributed by atoms with Gasteiger partial charge in [-0.05, 0) is 19.4 Å². The van der Waals surface area contributed by atoms with Crippen LogP contribution in [0, 0.1) is 0 Å². The molecule has 2 N–H and O–H groups in total. The molecule has 5 atom stereocenters. The SMILES string of the molecule is CC1(C)O[C@H]2O[C@H]([C@H](O)CO)[C@H](OC/C=C/c3ccccc3)[C@H]2O1. The van der Waals surface area contributed by atoms with Crippen molar-refractivity contribution in [3.05, 3.63) is 42.0 Å². The molecule has 2 fully saturated rings. The molecule has 0 spiro atoms. The Morgan fingerprint density at radius 2 is 2.00 bits per heavy atom. The van der Waals surface area contributed by atoms with E-state index < -0.39 is 43.1 Å². The zero-order chi connectivity index (χ0) is 17.2. The normalized spacial score (nSPS) is 33.0. The van der Waals surface area contributed by atoms with Crippen molar-refractivity contribution in [3.8, 4) is 0 Å². The summed E-state index contributed by atoms with van der Waals surface area (Å²) in [6.07, 6.45) is 0.567. The summed E-state index contributed by atoms with van der Waals surface area (Å²) in [6, 6.07) is 9.90. The van der Waals surface area contributed by atoms with E-state index in [4.69, 9.17) is 18.9 Å². The second-order valence-electron chi connectivity index (χ2n) is 6.43. The molecule has 0 aromatic heterocycles. The maximum Gasteiger partial charge on any atom is 0.190 e. The van der Waals surface area contributed by atoms with Crippen molar-refractivity contribution in [2.45, 2.75) is 50.3 Å². The van der Waals surface area contributed by atoms with Crippen molar-refractivity contribution in [1.82, 2.24) is 0 Å². The third kappa shape index (κ3) is 3.85. The van der Waals surface area contributed by atoms with Crippen molar-refractivity contribution in [2.24, 2.45) is 0 Å². The number of aliphatic hydroxyl groups is 2. The van der Waals surface area contributed by atoms with Crippen LogP contribution < -0.4 is 0 Å². The Hall–Kier alpha value is -1.28. The smallest absolute Gasteiger partial charge is 0.190 e. The summed E-state index contributed by atoms with van der Waals surface area (Å²) < 4.78 is 23.1. The van der Waals surface area contributed by atoms with E-state index in [1.54, 1.807) is 13.8 Å². The maximum atomic E-state index is 9.96. The molecular weight excluding hydrogens is 312 g/mol. The van der Waals surface area contributed by atoms with Crippen LogP contribution in [0.15, 0.2) is 36.4 Å². The van der Waals surface area contributed by atoms with Crippen molar-refractivity contribution in [2.75, 3.05) is 13.2 Å². The minimum atomic E-state index is -1.05. The molecule has 2 heterocycles. The summed E-state index contributed by atoms with van der Waals surface area (Å²) in [6.45, 7) is 3.54. The van der Waals surface area contributed by atoms with Gasteiger partial charge in [0.15, 0.2) is 12.1 Å². The molecule has 0 unspecified atom stereocenters. The van der Waals surface area contributed by atoms with Gasteiger partial charge in [0.25, 0.3) is 0 Å². The van der Waals surface area contributed by atoms with Crippen molar-refractivity contribution in [1.29, 1.82) is 0 Å². The van der Waals surface area contributed by atoms with E-state index in [9.17, 15) is 10.2 Å². The maximum absolute atomic E-state index is 9.96. The first-order valence-corrected chi connectivity index (χ1v) is 8.13. The molecule has 0 aliphatic carbocycles. The predicted octanol–water partition coefficient (Wildman–Crippen LogP) is 1.31. The lowest BCUT2D eigenvalue weighted by Gasteiger charge is -2.27. The van der Waals surface area contributed by atoms with Crippen molar-refractivity contribution < 1.29 is 29.2 Å². The van der Waals surface area contributed by atoms with Gasteiger partial charge in [0.1, 0.15) is 24.4 Å². The zero-order valence-electron chi connectivity index (χ0n) is 13.9. The zero-order valence-corrected chi connectivity index (χ0v) is 13.9. The summed E-state index contributed by atoms with van der Waals surface area (Å²) in [7, 11) is 0. The lowest BCUT2D eigenvalue weighted by atomic mass is 10.1. The van der Waals surface area contributed by atoms with Crippen LogP contribution in [0.2, 0.25) is 0 Å². The molecule has 0 radical (unpaired) electrons. The van der Waals surface area contributed by atoms with Gasteiger partial charge in [0.2, 0.25) is 0 Å². The van der Waals surface area contributed by atoms with Crippen molar-refractivity contribution in [3.63, 3.8) is 0 Å². The van der Waals surface area contributed by atoms with Crippen LogP contribution in [0.3, 0.4) is 0 Å². The van der Waals surface area contributed by atoms with Crippen LogP contribution in [0.25, 0.3) is 6.08 Å². The molecule has 132 valence electrons. The lowest BCUT2D eigenvalue weighted by Crippen LogP contribution is -2.44. The molecule has 3 rings (SSSR count). The van der Waals surface area contributed by atoms with E-state index in [1.165, 1.54) is 0 Å². The highest BCUT2D eigenvalue weighted by Crippen LogP contribution is 2.39. The molecule has 24 heavy (non-hydrogen) atoms. The molecule has 6 nitrogen and oxygen atoms in total. The fourth-order valence-electron chi connectivity index (χ4n) is 3.02. The molecular formula is C18H24O6. The average molecular weight is 336 g/mol. The largest absolute Gasteiger partial charge is 0.394 e. The van der Waals surface area contributed by atoms with Gasteiger partial charge in [-0.3, -0.25) is 0 Å². The number of aliphatic hydroxyl groups excluding tert-OH is 2. The highest BCUT2D eigenvalue weighted by Gasteiger charge is 2.56. The Bertz CT molecular complexity index is 558. The van der Waals surface area contributed by atoms with Crippen LogP contribution in [-0.2, 0) is 18.9 Å². The quantitative estimate of drug-likeness (QED) is 0.816. The fourth-order valence-corrected chi connectivity index (χ4v) is 3.02. The summed E-state index contributed by atoms with van der Waals surface area (Å²) >= 11 is 0. The van der Waals surface area contributed by atoms with Crippen LogP contribution in [-0.4, -0.2) is 59.9 Å². The summed E-state index contributed by atoms with van der Waals surface area (Å²) in [5.41, 5.74) is 1.08. The first-order chi connectivity index (χ1) is 11.5. The van der Waals surface area contributed by atoms with Gasteiger partial charge in [-0.25, -0.2) is 0 Å². The molecule has 6 heteroatoms. The first kappa shape index (κ1) is 17.5. The van der Waals surface area contributed by atoms with Crippen LogP contribution in [0.1, 0.15) is 19.4 Å². The third-order valence-electron chi connectivity index (χ3n) is 4.09. The molecule has 0 bridgehead atoms. The number of benzene rings is 1. The number of rotatable bonds is 6. The van der Waals surface area contributed by atoms with E-state index in [-0.39, 0.29) is 0 Å². The van der Waals surface area contributed by atoms with Gasteiger partial charge in [0, 0.05) is 0 Å². The molecule has 0 saturated carbocycles. The van der Waals surface area contributed by atoms with Crippen LogP contribution in [0.5, 0.6) is 0 Å². The fraction of sp³-hybridized carbons (Fsp3) is 0.556. The molecule has 1 aromatic carbocycles. The van der Waals surface area contributed by atoms with Crippen LogP contribution in [0.4, 0.5) is 0 Å². The topological polar surface area (TPSA) is 77.4 Å². The Kier molecular flexibility index (Phi) is 5.34. The van der Waals surface area contributed by atoms with E-state index in [2.05, 4.69) is 0 Å². The van der Waals surface area contributed by atoms with E-state index in [1.807, 2.05) is 42.5 Å². The molecule has 0 amide bonds. The molecule has 2 saturated heterocycles. The van der Waals surface area contributed by atoms with E-state index >= 15 is 0 Å². The van der Waals surface area contributed by atoms with Gasteiger partial charge in [0.05, 0.1) is 13.2 Å². The predicted molar refractivity (Wildman–Crippen MR) is 87.0 cm³/mol. The Balaban J connectivity index is 1.62. The van der Waals surface area contributed by atoms with Crippen molar-refractivity contribution >= 4 is 6.08 Å². The second kappa shape index (κ2) is 7.31. The minimum absolute atomic E-state index is 0.338. The molecule has 1 aromatic rings. The van der Waals surface area contributed by atoms with Crippen LogP contribution >= 0.6 is 0 Å². The highest BCUT2D eigenvalue weighted by molar-refractivity contribution is 5.48. The van der Waals surface area contributed by atoms with Gasteiger partial charge in [-0.1, -0.05) is 42.5 Å². The van der Waals surface area contributed by atoms with Gasteiger partial charge in [-0.2, -0.15) is 0 Å². The Morgan fingerprint density at radius 1 is 1.25 bits per heavy atom. The number of hydrogen-bond acceptors (Lipinski definition) is 6. The summed E-state index contributed by atoms with van der Waals surface area (Å²) in [5.74, 6) is -0.758. The van der Waals surface area contributed by atoms with E-state index in [0.717, 1.165) is 5.56 Å². The summed E-state index contributed by atoms with van der Waals surface area (Å²) in [4.78, 5) is 0. The first-order valence-electron chi connectivity index (χ1n) is 8.13. The minimum Gasteiger partial charge on any atom is -0.394 e. The Morgan fingerprint density at radius 3 is 2.71 bits per heavy atom. The monoisotopic (exact) mass is 336 g/mol. The number of ether oxygens (including phenoxy) is 4. The number of fused-ring (bicyclic) bond motifs is 1. The van der Waals surface area contributed by atoms with Gasteiger partial charge < -0.3 is 29.2 Å². The summed E-state index contributed by atoms with van der Waals surface area (Å²) in [5, 5.41) is 19.2. The number of hydrogen-bond donors (Lipinski definition) is 2. The third-order valence-corrected chi connectivity index (χ3v) is 4.09. The van der Waals surface area contributed by atoms with E-state index in [0.29, 0.717) is 6.61 Å². The standard InChI is InChI=1S/C18H24O6/c1-18(2)23-16-15(14(13(20)11-19)22-17(16)24-18)21-10-6-9-12-7-4-3-5-8-12/h3-9,13-17,19-20H,10-11H2,1-2H3/b9-6+/t13-,14-,15+,16-,17-/m1/s1. The molecule has 2 aliphatic rings. The average Bonchev–Trinajstić information content (AvgIpc) is 3.04. The lowest BCUT2D eigenvalue weighted by molar-refractivity contribution is -0.230. The Labute approximate surface area is 141 Å². The second-order valence-corrected chi connectivity index (χ2v) is 6.43. The van der Waals surface area contributed by atoms with Gasteiger partial charge in [-0.15, -0.1) is 0 Å². The molecule has 2 aliphatic heterocycles. The van der Waals surface area contributed by atoms with Gasteiger partial charge >= 0.3 is 0 Å².